The molecule has 8 nitrogen and oxygen atoms in total. The maximum atomic E-state index is 5.96. The first-order valence-corrected chi connectivity index (χ1v) is 12.4. The number of rotatable bonds is 7. The lowest BCUT2D eigenvalue weighted by Crippen LogP contribution is -2.31. The molecule has 0 saturated carbocycles. The van der Waals surface area contributed by atoms with Crippen LogP contribution in [0.3, 0.4) is 0 Å². The molecule has 0 bridgehead atoms. The number of para-hydroxylation sites is 1. The van der Waals surface area contributed by atoms with Crippen molar-refractivity contribution in [2.24, 2.45) is 5.10 Å². The van der Waals surface area contributed by atoms with Crippen molar-refractivity contribution in [1.29, 1.82) is 0 Å². The molecule has 1 fully saturated rings. The minimum Gasteiger partial charge on any atom is -0.455 e. The summed E-state index contributed by atoms with van der Waals surface area (Å²) in [5.41, 5.74) is 6.01. The summed E-state index contributed by atoms with van der Waals surface area (Å²) in [5, 5.41) is 7.57. The molecule has 35 heavy (non-hydrogen) atoms. The maximum absolute atomic E-state index is 5.96. The number of nitrogens with zero attached hydrogens (tertiary/aromatic N) is 5. The van der Waals surface area contributed by atoms with E-state index in [1.165, 1.54) is 12.0 Å². The smallest absolute Gasteiger partial charge is 0.250 e. The third-order valence-corrected chi connectivity index (χ3v) is 6.32. The molecule has 0 spiro atoms. The van der Waals surface area contributed by atoms with Gasteiger partial charge in [-0.05, 0) is 68.1 Å². The molecule has 2 N–H and O–H groups in total. The van der Waals surface area contributed by atoms with E-state index in [1.807, 2.05) is 48.5 Å². The van der Waals surface area contributed by atoms with Crippen LogP contribution in [0.1, 0.15) is 30.6 Å². The molecule has 1 aliphatic heterocycles. The van der Waals surface area contributed by atoms with Gasteiger partial charge in [-0.25, -0.2) is 5.43 Å². The fourth-order valence-corrected chi connectivity index (χ4v) is 4.59. The number of nitrogens with one attached hydrogen (secondary N) is 2. The van der Waals surface area contributed by atoms with E-state index >= 15 is 0 Å². The van der Waals surface area contributed by atoms with Crippen molar-refractivity contribution >= 4 is 45.7 Å². The van der Waals surface area contributed by atoms with E-state index in [1.54, 1.807) is 6.21 Å². The number of hydrogen-bond acceptors (Lipinski definition) is 8. The first kappa shape index (κ1) is 23.0. The topological polar surface area (TPSA) is 91.5 Å². The van der Waals surface area contributed by atoms with E-state index < -0.39 is 0 Å². The third-order valence-electron chi connectivity index (χ3n) is 5.67. The van der Waals surface area contributed by atoms with Gasteiger partial charge in [-0.2, -0.15) is 20.1 Å². The van der Waals surface area contributed by atoms with Crippen molar-refractivity contribution in [2.75, 3.05) is 28.7 Å². The van der Waals surface area contributed by atoms with Crippen molar-refractivity contribution in [3.63, 3.8) is 0 Å². The van der Waals surface area contributed by atoms with E-state index in [0.29, 0.717) is 23.6 Å². The molecular weight excluding hydrogens is 506 g/mol. The molecule has 2 aromatic heterocycles. The summed E-state index contributed by atoms with van der Waals surface area (Å²) in [6, 6.07) is 19.8. The first-order chi connectivity index (χ1) is 17.1. The van der Waals surface area contributed by atoms with E-state index in [0.717, 1.165) is 47.4 Å². The number of anilines is 4. The van der Waals surface area contributed by atoms with Gasteiger partial charge in [-0.15, -0.1) is 0 Å². The van der Waals surface area contributed by atoms with Gasteiger partial charge in [0.1, 0.15) is 11.5 Å². The zero-order valence-electron chi connectivity index (χ0n) is 19.4. The normalized spacial score (nSPS) is 13.8. The Morgan fingerprint density at radius 3 is 2.54 bits per heavy atom. The Morgan fingerprint density at radius 1 is 0.943 bits per heavy atom. The van der Waals surface area contributed by atoms with Gasteiger partial charge in [0.25, 0.3) is 0 Å². The molecule has 5 rings (SSSR count). The van der Waals surface area contributed by atoms with Crippen molar-refractivity contribution in [1.82, 2.24) is 15.0 Å². The average Bonchev–Trinajstić information content (AvgIpc) is 3.33. The summed E-state index contributed by atoms with van der Waals surface area (Å²) in [5.74, 6) is 2.85. The summed E-state index contributed by atoms with van der Waals surface area (Å²) in [6.07, 6.45) is 5.11. The quantitative estimate of drug-likeness (QED) is 0.211. The van der Waals surface area contributed by atoms with E-state index in [2.05, 4.69) is 70.7 Å². The highest BCUT2D eigenvalue weighted by Crippen LogP contribution is 2.30. The third kappa shape index (κ3) is 5.86. The van der Waals surface area contributed by atoms with Crippen LogP contribution in [-0.2, 0) is 0 Å². The molecule has 0 unspecified atom stereocenters. The Balaban J connectivity index is 1.34. The highest BCUT2D eigenvalue weighted by Gasteiger charge is 2.16. The second-order valence-corrected chi connectivity index (χ2v) is 9.23. The lowest BCUT2D eigenvalue weighted by Gasteiger charge is -2.26. The number of aromatic nitrogens is 3. The highest BCUT2D eigenvalue weighted by molar-refractivity contribution is 9.10. The molecule has 0 amide bonds. The first-order valence-electron chi connectivity index (χ1n) is 11.6. The molecule has 0 aliphatic carbocycles. The maximum Gasteiger partial charge on any atom is 0.250 e. The number of aryl methyl sites for hydroxylation is 1. The second-order valence-electron chi connectivity index (χ2n) is 8.38. The number of hydrazone groups is 1. The zero-order chi connectivity index (χ0) is 24.0. The SMILES string of the molecule is Cc1ccc(-c2ccc(/C=N\Nc3nc(Nc4ccccc4)nc(N4CCCCC4)n3)o2)c(Br)c1. The van der Waals surface area contributed by atoms with Gasteiger partial charge < -0.3 is 14.6 Å². The van der Waals surface area contributed by atoms with Crippen molar-refractivity contribution in [3.05, 3.63) is 76.5 Å². The average molecular weight is 532 g/mol. The van der Waals surface area contributed by atoms with Crippen LogP contribution in [0.25, 0.3) is 11.3 Å². The summed E-state index contributed by atoms with van der Waals surface area (Å²) in [7, 11) is 0. The van der Waals surface area contributed by atoms with Gasteiger partial charge in [0, 0.05) is 28.8 Å². The minimum atomic E-state index is 0.364. The lowest BCUT2D eigenvalue weighted by atomic mass is 10.1. The molecule has 2 aromatic carbocycles. The molecule has 0 atom stereocenters. The van der Waals surface area contributed by atoms with Gasteiger partial charge in [-0.3, -0.25) is 0 Å². The number of halogens is 1. The molecule has 4 aromatic rings. The fourth-order valence-electron chi connectivity index (χ4n) is 3.90. The Kier molecular flexibility index (Phi) is 7.04. The van der Waals surface area contributed by atoms with Gasteiger partial charge in [0.2, 0.25) is 17.8 Å². The number of piperidine rings is 1. The Labute approximate surface area is 212 Å². The molecule has 0 radical (unpaired) electrons. The molecular formula is C26H26BrN7O. The van der Waals surface area contributed by atoms with Crippen molar-refractivity contribution in [3.8, 4) is 11.3 Å². The Morgan fingerprint density at radius 2 is 1.74 bits per heavy atom. The van der Waals surface area contributed by atoms with Gasteiger partial charge in [-0.1, -0.05) is 40.2 Å². The van der Waals surface area contributed by atoms with E-state index in [-0.39, 0.29) is 0 Å². The Bertz CT molecular complexity index is 1320. The summed E-state index contributed by atoms with van der Waals surface area (Å²) in [6.45, 7) is 3.92. The van der Waals surface area contributed by atoms with Crippen LogP contribution < -0.4 is 15.6 Å². The van der Waals surface area contributed by atoms with Crippen LogP contribution in [-0.4, -0.2) is 34.3 Å². The largest absolute Gasteiger partial charge is 0.455 e. The molecule has 3 heterocycles. The van der Waals surface area contributed by atoms with Crippen LogP contribution >= 0.6 is 15.9 Å². The lowest BCUT2D eigenvalue weighted by molar-refractivity contribution is 0.568. The molecule has 178 valence electrons. The van der Waals surface area contributed by atoms with Crippen LogP contribution in [0, 0.1) is 6.92 Å². The summed E-state index contributed by atoms with van der Waals surface area (Å²) in [4.78, 5) is 15.9. The Hall–Kier alpha value is -3.72. The number of benzene rings is 2. The molecule has 9 heteroatoms. The zero-order valence-corrected chi connectivity index (χ0v) is 21.0. The predicted molar refractivity (Wildman–Crippen MR) is 143 cm³/mol. The fraction of sp³-hybridized carbons (Fsp3) is 0.231. The van der Waals surface area contributed by atoms with Crippen molar-refractivity contribution < 1.29 is 4.42 Å². The van der Waals surface area contributed by atoms with Crippen LogP contribution in [0.15, 0.2) is 74.7 Å². The predicted octanol–water partition coefficient (Wildman–Crippen LogP) is 6.38. The number of hydrogen-bond donors (Lipinski definition) is 2. The standard InChI is InChI=1S/C26H26BrN7O/c1-18-10-12-21(22(27)16-18)23-13-11-20(35-23)17-28-33-25-30-24(29-19-8-4-2-5-9-19)31-26(32-25)34-14-6-3-7-15-34/h2,4-5,8-13,16-17H,3,6-7,14-15H2,1H3,(H2,29,30,31,32,33)/b28-17-. The van der Waals surface area contributed by atoms with Gasteiger partial charge in [0.15, 0.2) is 0 Å². The monoisotopic (exact) mass is 531 g/mol. The minimum absolute atomic E-state index is 0.364. The van der Waals surface area contributed by atoms with E-state index in [9.17, 15) is 0 Å². The van der Waals surface area contributed by atoms with Crippen LogP contribution in [0.2, 0.25) is 0 Å². The molecule has 1 saturated heterocycles. The van der Waals surface area contributed by atoms with Crippen LogP contribution in [0.4, 0.5) is 23.5 Å². The molecule has 1 aliphatic rings. The summed E-state index contributed by atoms with van der Waals surface area (Å²) >= 11 is 3.61. The van der Waals surface area contributed by atoms with Gasteiger partial charge in [0.05, 0.1) is 6.21 Å². The van der Waals surface area contributed by atoms with Gasteiger partial charge >= 0.3 is 0 Å². The second kappa shape index (κ2) is 10.7. The highest BCUT2D eigenvalue weighted by atomic mass is 79.9. The number of furan rings is 1. The van der Waals surface area contributed by atoms with Crippen LogP contribution in [0.5, 0.6) is 0 Å². The van der Waals surface area contributed by atoms with E-state index in [4.69, 9.17) is 4.42 Å². The summed E-state index contributed by atoms with van der Waals surface area (Å²) < 4.78 is 6.95. The van der Waals surface area contributed by atoms with Crippen molar-refractivity contribution in [2.45, 2.75) is 26.2 Å².